The van der Waals surface area contributed by atoms with E-state index in [0.29, 0.717) is 20.6 Å². The predicted molar refractivity (Wildman–Crippen MR) is 155 cm³/mol. The lowest BCUT2D eigenvalue weighted by Crippen LogP contribution is -2.35. The lowest BCUT2D eigenvalue weighted by atomic mass is 10.1. The minimum absolute atomic E-state index is 0.182. The number of allylic oxidation sites excluding steroid dienone is 1. The molecule has 0 bridgehead atoms. The summed E-state index contributed by atoms with van der Waals surface area (Å²) in [6.45, 7) is 5.91. The van der Waals surface area contributed by atoms with Crippen molar-refractivity contribution in [1.29, 1.82) is 0 Å². The molecule has 0 spiro atoms. The number of aromatic nitrogens is 1. The van der Waals surface area contributed by atoms with E-state index >= 15 is 0 Å². The van der Waals surface area contributed by atoms with Crippen molar-refractivity contribution in [3.05, 3.63) is 80.7 Å². The van der Waals surface area contributed by atoms with Crippen LogP contribution in [0.1, 0.15) is 13.3 Å². The number of hydrogen-bond acceptors (Lipinski definition) is 9. The molecule has 5 rings (SSSR count). The highest BCUT2D eigenvalue weighted by Gasteiger charge is 2.35. The van der Waals surface area contributed by atoms with Crippen molar-refractivity contribution in [2.75, 3.05) is 30.7 Å². The second-order valence-corrected chi connectivity index (χ2v) is 10.6. The molecule has 0 atom stereocenters. The average Bonchev–Trinajstić information content (AvgIpc) is 3.55. The van der Waals surface area contributed by atoms with E-state index in [0.717, 1.165) is 15.6 Å². The van der Waals surface area contributed by atoms with E-state index in [2.05, 4.69) is 11.7 Å². The Morgan fingerprint density at radius 3 is 2.62 bits per heavy atom. The lowest BCUT2D eigenvalue weighted by molar-refractivity contribution is -0.141. The summed E-state index contributed by atoms with van der Waals surface area (Å²) in [6.07, 6.45) is 1.40. The first-order valence-electron chi connectivity index (χ1n) is 12.2. The van der Waals surface area contributed by atoms with Crippen molar-refractivity contribution < 1.29 is 19.1 Å². The molecule has 3 aromatic rings. The number of carbonyl (C=O) groups is 2. The Labute approximate surface area is 232 Å². The Balaban J connectivity index is 1.74. The van der Waals surface area contributed by atoms with Gasteiger partial charge < -0.3 is 14.4 Å². The Morgan fingerprint density at radius 2 is 1.92 bits per heavy atom. The van der Waals surface area contributed by atoms with Crippen LogP contribution >= 0.6 is 23.1 Å². The largest absolute Gasteiger partial charge is 0.497 e. The summed E-state index contributed by atoms with van der Waals surface area (Å²) in [5, 5.41) is 6.52. The molecular formula is C28H26N4O5S2. The van der Waals surface area contributed by atoms with Crippen molar-refractivity contribution >= 4 is 62.7 Å². The van der Waals surface area contributed by atoms with Gasteiger partial charge in [0.05, 0.1) is 42.8 Å². The molecule has 3 heterocycles. The number of benzene rings is 2. The van der Waals surface area contributed by atoms with Gasteiger partial charge in [0.2, 0.25) is 0 Å². The molecule has 2 aromatic carbocycles. The number of thioether (sulfide) groups is 1. The van der Waals surface area contributed by atoms with Gasteiger partial charge in [0, 0.05) is 24.6 Å². The van der Waals surface area contributed by atoms with Crippen LogP contribution in [0.15, 0.2) is 76.0 Å². The van der Waals surface area contributed by atoms with Gasteiger partial charge in [-0.2, -0.15) is 10.1 Å². The molecule has 0 N–H and O–H groups in total. The molecule has 1 amide bonds. The van der Waals surface area contributed by atoms with Gasteiger partial charge in [0.25, 0.3) is 11.5 Å². The van der Waals surface area contributed by atoms with Crippen LogP contribution in [0.25, 0.3) is 10.6 Å². The summed E-state index contributed by atoms with van der Waals surface area (Å²) < 4.78 is 12.9. The van der Waals surface area contributed by atoms with Gasteiger partial charge in [0.1, 0.15) is 20.0 Å². The van der Waals surface area contributed by atoms with E-state index in [1.54, 1.807) is 44.4 Å². The van der Waals surface area contributed by atoms with E-state index in [1.165, 1.54) is 32.7 Å². The molecule has 0 saturated carbocycles. The average molecular weight is 563 g/mol. The maximum atomic E-state index is 13.8. The van der Waals surface area contributed by atoms with Gasteiger partial charge in [-0.3, -0.25) is 19.0 Å². The number of fused-ring (bicyclic) bond motifs is 1. The van der Waals surface area contributed by atoms with Crippen molar-refractivity contribution in [3.8, 4) is 5.75 Å². The van der Waals surface area contributed by atoms with Crippen molar-refractivity contribution in [3.63, 3.8) is 0 Å². The lowest BCUT2D eigenvalue weighted by Gasteiger charge is -2.13. The highest BCUT2D eigenvalue weighted by Crippen LogP contribution is 2.46. The van der Waals surface area contributed by atoms with E-state index in [4.69, 9.17) is 9.47 Å². The van der Waals surface area contributed by atoms with Crippen molar-refractivity contribution in [1.82, 2.24) is 4.57 Å². The zero-order valence-electron chi connectivity index (χ0n) is 21.7. The number of methoxy groups -OCH3 is 1. The van der Waals surface area contributed by atoms with E-state index in [9.17, 15) is 14.4 Å². The summed E-state index contributed by atoms with van der Waals surface area (Å²) in [6, 6.07) is 14.7. The quantitative estimate of drug-likeness (QED) is 0.323. The highest BCUT2D eigenvalue weighted by molar-refractivity contribution is 8.08. The molecule has 0 radical (unpaired) electrons. The molecular weight excluding hydrogens is 536 g/mol. The molecule has 0 unspecified atom stereocenters. The number of ether oxygens (including phenoxy) is 2. The fraction of sp³-hybridized carbons (Fsp3) is 0.214. The fourth-order valence-corrected chi connectivity index (χ4v) is 6.86. The van der Waals surface area contributed by atoms with Crippen LogP contribution in [0.3, 0.4) is 0 Å². The van der Waals surface area contributed by atoms with E-state index in [1.807, 2.05) is 36.2 Å². The molecule has 2 aliphatic heterocycles. The van der Waals surface area contributed by atoms with E-state index < -0.39 is 11.9 Å². The minimum Gasteiger partial charge on any atom is -0.497 e. The fourth-order valence-electron chi connectivity index (χ4n) is 4.36. The van der Waals surface area contributed by atoms with Crippen LogP contribution in [-0.2, 0) is 20.9 Å². The number of carbonyl (C=O) groups excluding carboxylic acids is 2. The highest BCUT2D eigenvalue weighted by atomic mass is 32.2. The minimum atomic E-state index is -0.504. The van der Waals surface area contributed by atoms with Crippen LogP contribution in [0.4, 0.5) is 11.4 Å². The Kier molecular flexibility index (Phi) is 7.45. The number of amides is 1. The smallest absolute Gasteiger partial charge is 0.311 e. The second-order valence-electron chi connectivity index (χ2n) is 8.60. The number of thiazole rings is 1. The van der Waals surface area contributed by atoms with Gasteiger partial charge in [-0.25, -0.2) is 0 Å². The molecule has 0 aliphatic carbocycles. The maximum Gasteiger partial charge on any atom is 0.311 e. The van der Waals surface area contributed by atoms with Gasteiger partial charge in [-0.1, -0.05) is 36.0 Å². The van der Waals surface area contributed by atoms with Crippen LogP contribution in [0.5, 0.6) is 5.75 Å². The third-order valence-electron chi connectivity index (χ3n) is 6.18. The number of para-hydroxylation sites is 1. The van der Waals surface area contributed by atoms with Gasteiger partial charge in [-0.15, -0.1) is 17.9 Å². The zero-order chi connectivity index (χ0) is 27.7. The SMILES string of the molecule is C=CCn1c(=O)/c(=C2/Sc3ccc(OC)cc3N2C)s/c1=C1/C(=O)N(c2ccccc2)N=C1CC(=O)OCC. The monoisotopic (exact) mass is 562 g/mol. The van der Waals surface area contributed by atoms with Crippen LogP contribution in [-0.4, -0.2) is 42.9 Å². The second kappa shape index (κ2) is 11.0. The van der Waals surface area contributed by atoms with Crippen LogP contribution < -0.4 is 29.4 Å². The summed E-state index contributed by atoms with van der Waals surface area (Å²) >= 11 is 2.68. The Hall–Kier alpha value is -4.09. The predicted octanol–water partition coefficient (Wildman–Crippen LogP) is 2.92. The van der Waals surface area contributed by atoms with Gasteiger partial charge >= 0.3 is 5.97 Å². The standard InChI is InChI=1S/C28H26N4O5S2/c1-5-14-31-26(35)24(28-30(3)20-15-18(36-4)12-13-21(20)38-28)39-27(31)23-19(16-22(33)37-6-2)29-32(25(23)34)17-10-8-7-9-11-17/h5,7-13,15H,1,6,14,16H2,2-4H3/b27-23+,28-24-. The summed E-state index contributed by atoms with van der Waals surface area (Å²) in [5.74, 6) is -0.210. The first-order chi connectivity index (χ1) is 18.9. The number of rotatable bonds is 7. The number of hydrazone groups is 1. The normalized spacial score (nSPS) is 17.3. The number of esters is 1. The molecule has 9 nitrogen and oxygen atoms in total. The summed E-state index contributed by atoms with van der Waals surface area (Å²) in [5.41, 5.74) is 1.67. The number of nitrogens with zero attached hydrogens (tertiary/aromatic N) is 4. The molecule has 200 valence electrons. The van der Waals surface area contributed by atoms with Gasteiger partial charge in [-0.05, 0) is 31.2 Å². The molecule has 1 aromatic heterocycles. The Bertz CT molecular complexity index is 1690. The molecule has 0 saturated heterocycles. The number of anilines is 2. The molecule has 11 heteroatoms. The third kappa shape index (κ3) is 4.79. The summed E-state index contributed by atoms with van der Waals surface area (Å²) in [4.78, 5) is 43.0. The first-order valence-corrected chi connectivity index (χ1v) is 13.8. The first kappa shape index (κ1) is 26.5. The topological polar surface area (TPSA) is 93.4 Å². The molecule has 0 fully saturated rings. The third-order valence-corrected chi connectivity index (χ3v) is 8.73. The Morgan fingerprint density at radius 1 is 1.15 bits per heavy atom. The number of hydrogen-bond donors (Lipinski definition) is 0. The van der Waals surface area contributed by atoms with Crippen LogP contribution in [0.2, 0.25) is 0 Å². The van der Waals surface area contributed by atoms with Crippen LogP contribution in [0, 0.1) is 0 Å². The van der Waals surface area contributed by atoms with Crippen molar-refractivity contribution in [2.45, 2.75) is 24.8 Å². The van der Waals surface area contributed by atoms with Gasteiger partial charge in [0.15, 0.2) is 0 Å². The molecule has 2 aliphatic rings. The van der Waals surface area contributed by atoms with Crippen molar-refractivity contribution in [2.24, 2.45) is 5.10 Å². The molecule has 39 heavy (non-hydrogen) atoms. The maximum absolute atomic E-state index is 13.8. The summed E-state index contributed by atoms with van der Waals surface area (Å²) in [7, 11) is 3.50. The zero-order valence-corrected chi connectivity index (χ0v) is 23.3. The van der Waals surface area contributed by atoms with E-state index in [-0.39, 0.29) is 36.4 Å².